The molecule has 0 saturated carbocycles. The number of unbranched alkanes of at least 4 members (excludes halogenated alkanes) is 5. The van der Waals surface area contributed by atoms with Gasteiger partial charge in [0.05, 0.1) is 16.8 Å². The van der Waals surface area contributed by atoms with Crippen molar-refractivity contribution in [2.75, 3.05) is 31.5 Å². The van der Waals surface area contributed by atoms with Gasteiger partial charge in [-0.3, -0.25) is 19.8 Å². The van der Waals surface area contributed by atoms with Crippen LogP contribution in [0.15, 0.2) is 78.9 Å². The zero-order chi connectivity index (χ0) is 28.4. The van der Waals surface area contributed by atoms with Gasteiger partial charge < -0.3 is 9.64 Å². The summed E-state index contributed by atoms with van der Waals surface area (Å²) in [5.41, 5.74) is 3.84. The summed E-state index contributed by atoms with van der Waals surface area (Å²) in [5.74, 6) is -0.317. The lowest BCUT2D eigenvalue weighted by Crippen LogP contribution is -2.38. The number of hydrogen-bond acceptors (Lipinski definition) is 5. The highest BCUT2D eigenvalue weighted by molar-refractivity contribution is 6.21. The molecule has 214 valence electrons. The summed E-state index contributed by atoms with van der Waals surface area (Å²) in [7, 11) is 0. The van der Waals surface area contributed by atoms with E-state index in [4.69, 9.17) is 4.74 Å². The molecule has 0 atom stereocenters. The van der Waals surface area contributed by atoms with Gasteiger partial charge in [0.2, 0.25) is 0 Å². The maximum Gasteiger partial charge on any atom is 0.411 e. The number of fused-ring (bicyclic) bond motifs is 1. The molecule has 3 amide bonds. The predicted octanol–water partition coefficient (Wildman–Crippen LogP) is 7.00. The number of piperidine rings is 1. The van der Waals surface area contributed by atoms with Crippen LogP contribution in [0.3, 0.4) is 0 Å². The molecule has 2 aliphatic heterocycles. The Balaban J connectivity index is 0.921. The molecular formula is C34H39N3O4. The number of para-hydroxylation sites is 1. The number of nitrogens with one attached hydrogen (secondary N) is 1. The van der Waals surface area contributed by atoms with Crippen LogP contribution in [0, 0.1) is 0 Å². The fourth-order valence-corrected chi connectivity index (χ4v) is 5.76. The summed E-state index contributed by atoms with van der Waals surface area (Å²) in [6, 6.07) is 24.9. The Labute approximate surface area is 242 Å². The number of hydrogen-bond donors (Lipinski definition) is 1. The SMILES string of the molecule is O=C(Nc1ccccc1-c1ccccc1)OC1CCN(CCCCCCCCN2C(=O)c3ccccc3C2=O)CC1. The van der Waals surface area contributed by atoms with Crippen molar-refractivity contribution in [3.05, 3.63) is 90.0 Å². The van der Waals surface area contributed by atoms with Gasteiger partial charge in [-0.25, -0.2) is 4.79 Å². The lowest BCUT2D eigenvalue weighted by molar-refractivity contribution is 0.0583. The predicted molar refractivity (Wildman–Crippen MR) is 161 cm³/mol. The van der Waals surface area contributed by atoms with Crippen molar-refractivity contribution in [1.29, 1.82) is 0 Å². The third-order valence-corrected chi connectivity index (χ3v) is 8.04. The molecule has 0 unspecified atom stereocenters. The second-order valence-corrected chi connectivity index (χ2v) is 10.9. The molecule has 2 heterocycles. The van der Waals surface area contributed by atoms with Gasteiger partial charge in [0.1, 0.15) is 6.10 Å². The Kier molecular flexibility index (Phi) is 9.81. The fraction of sp³-hybridized carbons (Fsp3) is 0.382. The zero-order valence-corrected chi connectivity index (χ0v) is 23.6. The molecule has 7 heteroatoms. The molecule has 3 aromatic rings. The minimum atomic E-state index is -0.394. The van der Waals surface area contributed by atoms with Gasteiger partial charge in [0.15, 0.2) is 0 Å². The number of nitrogens with zero attached hydrogens (tertiary/aromatic N) is 2. The van der Waals surface area contributed by atoms with Gasteiger partial charge >= 0.3 is 6.09 Å². The molecule has 2 aliphatic rings. The van der Waals surface area contributed by atoms with Gasteiger partial charge in [0, 0.05) is 25.2 Å². The van der Waals surface area contributed by atoms with Crippen molar-refractivity contribution < 1.29 is 19.1 Å². The molecule has 1 N–H and O–H groups in total. The van der Waals surface area contributed by atoms with Crippen LogP contribution in [-0.2, 0) is 4.74 Å². The number of carbonyl (C=O) groups is 3. The molecular weight excluding hydrogens is 514 g/mol. The Morgan fingerprint density at radius 2 is 1.22 bits per heavy atom. The van der Waals surface area contributed by atoms with Crippen molar-refractivity contribution in [2.45, 2.75) is 57.5 Å². The second kappa shape index (κ2) is 14.1. The van der Waals surface area contributed by atoms with Gasteiger partial charge in [0.25, 0.3) is 11.8 Å². The average Bonchev–Trinajstić information content (AvgIpc) is 3.25. The van der Waals surface area contributed by atoms with E-state index in [-0.39, 0.29) is 17.9 Å². The number of amides is 3. The van der Waals surface area contributed by atoms with Gasteiger partial charge in [-0.05, 0) is 56.0 Å². The van der Waals surface area contributed by atoms with Gasteiger partial charge in [-0.1, -0.05) is 86.3 Å². The van der Waals surface area contributed by atoms with Crippen LogP contribution in [-0.4, -0.2) is 60.0 Å². The summed E-state index contributed by atoms with van der Waals surface area (Å²) < 4.78 is 5.76. The van der Waals surface area contributed by atoms with Crippen LogP contribution in [0.1, 0.15) is 72.1 Å². The van der Waals surface area contributed by atoms with E-state index in [9.17, 15) is 14.4 Å². The maximum absolute atomic E-state index is 12.6. The van der Waals surface area contributed by atoms with E-state index in [0.29, 0.717) is 17.7 Å². The molecule has 1 fully saturated rings. The average molecular weight is 554 g/mol. The molecule has 0 bridgehead atoms. The van der Waals surface area contributed by atoms with E-state index >= 15 is 0 Å². The Morgan fingerprint density at radius 1 is 0.683 bits per heavy atom. The van der Waals surface area contributed by atoms with Crippen molar-refractivity contribution in [2.24, 2.45) is 0 Å². The van der Waals surface area contributed by atoms with Crippen molar-refractivity contribution in [1.82, 2.24) is 9.80 Å². The lowest BCUT2D eigenvalue weighted by Gasteiger charge is -2.31. The van der Waals surface area contributed by atoms with E-state index < -0.39 is 6.09 Å². The monoisotopic (exact) mass is 553 g/mol. The van der Waals surface area contributed by atoms with Crippen LogP contribution in [0.25, 0.3) is 11.1 Å². The number of likely N-dealkylation sites (tertiary alicyclic amines) is 1. The van der Waals surface area contributed by atoms with Crippen molar-refractivity contribution in [3.63, 3.8) is 0 Å². The standard InChI is InChI=1S/C34H39N3O4/c38-32-29-17-8-9-18-30(29)33(39)37(32)23-13-4-2-1-3-12-22-36-24-20-27(21-25-36)41-34(40)35-31-19-11-10-16-28(31)26-14-6-5-7-15-26/h5-11,14-19,27H,1-4,12-13,20-25H2,(H,35,40). The summed E-state index contributed by atoms with van der Waals surface area (Å²) >= 11 is 0. The fourth-order valence-electron chi connectivity index (χ4n) is 5.76. The number of anilines is 1. The minimum absolute atomic E-state index is 0.0581. The van der Waals surface area contributed by atoms with E-state index in [1.807, 2.05) is 54.6 Å². The smallest absolute Gasteiger partial charge is 0.411 e. The third kappa shape index (κ3) is 7.41. The molecule has 7 nitrogen and oxygen atoms in total. The van der Waals surface area contributed by atoms with Gasteiger partial charge in [-0.15, -0.1) is 0 Å². The lowest BCUT2D eigenvalue weighted by atomic mass is 10.0. The maximum atomic E-state index is 12.6. The van der Waals surface area contributed by atoms with E-state index in [1.54, 1.807) is 24.3 Å². The van der Waals surface area contributed by atoms with Crippen molar-refractivity contribution in [3.8, 4) is 11.1 Å². The van der Waals surface area contributed by atoms with Gasteiger partial charge in [-0.2, -0.15) is 0 Å². The molecule has 5 rings (SSSR count). The molecule has 0 aromatic heterocycles. The molecule has 41 heavy (non-hydrogen) atoms. The third-order valence-electron chi connectivity index (χ3n) is 8.04. The van der Waals surface area contributed by atoms with Crippen LogP contribution in [0.4, 0.5) is 10.5 Å². The van der Waals surface area contributed by atoms with E-state index in [2.05, 4.69) is 10.2 Å². The summed E-state index contributed by atoms with van der Waals surface area (Å²) in [6.45, 7) is 3.46. The summed E-state index contributed by atoms with van der Waals surface area (Å²) in [4.78, 5) is 41.4. The topological polar surface area (TPSA) is 79.0 Å². The van der Waals surface area contributed by atoms with Crippen molar-refractivity contribution >= 4 is 23.6 Å². The van der Waals surface area contributed by atoms with E-state index in [0.717, 1.165) is 81.4 Å². The molecule has 3 aromatic carbocycles. The summed E-state index contributed by atoms with van der Waals surface area (Å²) in [5, 5.41) is 2.94. The summed E-state index contributed by atoms with van der Waals surface area (Å²) in [6.07, 6.45) is 7.73. The van der Waals surface area contributed by atoms with Crippen LogP contribution < -0.4 is 5.32 Å². The van der Waals surface area contributed by atoms with Crippen LogP contribution >= 0.6 is 0 Å². The first kappa shape index (κ1) is 28.6. The minimum Gasteiger partial charge on any atom is -0.446 e. The normalized spacial score (nSPS) is 15.7. The molecule has 0 aliphatic carbocycles. The molecule has 0 radical (unpaired) electrons. The second-order valence-electron chi connectivity index (χ2n) is 10.9. The zero-order valence-electron chi connectivity index (χ0n) is 23.6. The first-order valence-corrected chi connectivity index (χ1v) is 14.9. The largest absolute Gasteiger partial charge is 0.446 e. The highest BCUT2D eigenvalue weighted by atomic mass is 16.6. The quantitative estimate of drug-likeness (QED) is 0.193. The number of imide groups is 1. The first-order chi connectivity index (χ1) is 20.1. The molecule has 0 spiro atoms. The molecule has 1 saturated heterocycles. The Bertz CT molecular complexity index is 1300. The first-order valence-electron chi connectivity index (χ1n) is 14.9. The highest BCUT2D eigenvalue weighted by Crippen LogP contribution is 2.28. The Hall–Kier alpha value is -3.97. The van der Waals surface area contributed by atoms with Crippen LogP contribution in [0.5, 0.6) is 0 Å². The van der Waals surface area contributed by atoms with Crippen LogP contribution in [0.2, 0.25) is 0 Å². The number of carbonyl (C=O) groups excluding carboxylic acids is 3. The number of rotatable bonds is 12. The highest BCUT2D eigenvalue weighted by Gasteiger charge is 2.34. The van der Waals surface area contributed by atoms with E-state index in [1.165, 1.54) is 11.3 Å². The Morgan fingerprint density at radius 3 is 1.88 bits per heavy atom. The number of ether oxygens (including phenoxy) is 1. The number of benzene rings is 3.